The predicted octanol–water partition coefficient (Wildman–Crippen LogP) is 5.28. The van der Waals surface area contributed by atoms with E-state index >= 15 is 0 Å². The van der Waals surface area contributed by atoms with Crippen molar-refractivity contribution in [3.8, 4) is 11.4 Å². The second kappa shape index (κ2) is 8.77. The number of thioether (sulfide) groups is 1. The molecular formula is C23H21FN4O2S. The first-order valence-corrected chi connectivity index (χ1v) is 10.9. The zero-order valence-electron chi connectivity index (χ0n) is 17.1. The van der Waals surface area contributed by atoms with Gasteiger partial charge in [-0.05, 0) is 55.1 Å². The molecule has 0 fully saturated rings. The molecule has 2 aromatic carbocycles. The Bertz CT molecular complexity index is 1160. The van der Waals surface area contributed by atoms with Gasteiger partial charge in [0.05, 0.1) is 11.6 Å². The van der Waals surface area contributed by atoms with Gasteiger partial charge in [-0.25, -0.2) is 9.18 Å². The number of nitrogens with one attached hydrogen (secondary N) is 1. The number of hydrogen-bond donors (Lipinski definition) is 1. The van der Waals surface area contributed by atoms with Crippen LogP contribution in [0.3, 0.4) is 0 Å². The van der Waals surface area contributed by atoms with Crippen LogP contribution < -0.4 is 5.32 Å². The van der Waals surface area contributed by atoms with E-state index < -0.39 is 11.9 Å². The Labute approximate surface area is 183 Å². The molecule has 3 aromatic rings. The van der Waals surface area contributed by atoms with Crippen LogP contribution in [0, 0.1) is 5.82 Å². The third kappa shape index (κ3) is 4.11. The van der Waals surface area contributed by atoms with E-state index in [9.17, 15) is 9.18 Å². The minimum absolute atomic E-state index is 0.268. The highest BCUT2D eigenvalue weighted by atomic mass is 32.2. The molecule has 2 heterocycles. The molecule has 1 N–H and O–H groups in total. The number of rotatable bonds is 6. The van der Waals surface area contributed by atoms with E-state index in [1.807, 2.05) is 30.5 Å². The zero-order valence-corrected chi connectivity index (χ0v) is 17.9. The molecule has 31 heavy (non-hydrogen) atoms. The lowest BCUT2D eigenvalue weighted by molar-refractivity contribution is 0.209. The van der Waals surface area contributed by atoms with E-state index in [-0.39, 0.29) is 11.9 Å². The Balaban J connectivity index is 1.80. The van der Waals surface area contributed by atoms with Gasteiger partial charge in [0, 0.05) is 22.7 Å². The maximum atomic E-state index is 13.9. The fourth-order valence-corrected chi connectivity index (χ4v) is 3.94. The molecule has 4 rings (SSSR count). The van der Waals surface area contributed by atoms with Crippen molar-refractivity contribution in [2.75, 3.05) is 12.8 Å². The minimum Gasteiger partial charge on any atom is -0.334 e. The summed E-state index contributed by atoms with van der Waals surface area (Å²) in [5.74, 6) is 0.315. The molecule has 1 unspecified atom stereocenters. The number of nitrogens with zero attached hydrogens (tertiary/aromatic N) is 3. The molecule has 1 aromatic heterocycles. The van der Waals surface area contributed by atoms with Crippen molar-refractivity contribution in [3.63, 3.8) is 0 Å². The van der Waals surface area contributed by atoms with Crippen LogP contribution in [0.2, 0.25) is 0 Å². The average Bonchev–Trinajstić information content (AvgIpc) is 3.26. The molecule has 2 amide bonds. The van der Waals surface area contributed by atoms with Crippen LogP contribution in [0.4, 0.5) is 9.18 Å². The third-order valence-electron chi connectivity index (χ3n) is 5.09. The fraction of sp³-hybridized carbons (Fsp3) is 0.174. The molecule has 0 saturated heterocycles. The van der Waals surface area contributed by atoms with Gasteiger partial charge in [0.2, 0.25) is 5.82 Å². The third-order valence-corrected chi connectivity index (χ3v) is 5.84. The number of halogens is 1. The Morgan fingerprint density at radius 2 is 2.06 bits per heavy atom. The van der Waals surface area contributed by atoms with E-state index in [1.165, 1.54) is 17.0 Å². The normalized spacial score (nSPS) is 16.4. The maximum Gasteiger partial charge on any atom is 0.322 e. The Morgan fingerprint density at radius 3 is 2.74 bits per heavy atom. The quantitative estimate of drug-likeness (QED) is 0.420. The summed E-state index contributed by atoms with van der Waals surface area (Å²) < 4.78 is 19.5. The van der Waals surface area contributed by atoms with Gasteiger partial charge in [-0.15, -0.1) is 18.3 Å². The monoisotopic (exact) mass is 436 g/mol. The van der Waals surface area contributed by atoms with Crippen LogP contribution in [0.5, 0.6) is 0 Å². The van der Waals surface area contributed by atoms with Gasteiger partial charge in [-0.2, -0.15) is 4.98 Å². The first-order chi connectivity index (χ1) is 15.0. The Hall–Kier alpha value is -3.39. The number of carbonyl (C=O) groups excluding carboxylic acids is 1. The number of urea groups is 1. The van der Waals surface area contributed by atoms with Crippen molar-refractivity contribution >= 4 is 23.4 Å². The molecule has 1 aliphatic heterocycles. The lowest BCUT2D eigenvalue weighted by Crippen LogP contribution is -2.46. The molecule has 0 radical (unpaired) electrons. The second-order valence-corrected chi connectivity index (χ2v) is 7.87. The molecule has 0 spiro atoms. The fourth-order valence-electron chi connectivity index (χ4n) is 3.53. The van der Waals surface area contributed by atoms with Crippen molar-refractivity contribution in [1.82, 2.24) is 20.4 Å². The average molecular weight is 437 g/mol. The summed E-state index contributed by atoms with van der Waals surface area (Å²) in [7, 11) is 0. The molecule has 0 bridgehead atoms. The minimum atomic E-state index is -0.628. The zero-order chi connectivity index (χ0) is 22.0. The first kappa shape index (κ1) is 20.9. The molecular weight excluding hydrogens is 415 g/mol. The maximum absolute atomic E-state index is 13.9. The van der Waals surface area contributed by atoms with Gasteiger partial charge >= 0.3 is 6.03 Å². The Kier molecular flexibility index (Phi) is 5.90. The van der Waals surface area contributed by atoms with Crippen molar-refractivity contribution < 1.29 is 13.7 Å². The summed E-state index contributed by atoms with van der Waals surface area (Å²) in [6, 6.07) is 13.0. The van der Waals surface area contributed by atoms with Crippen LogP contribution in [0.25, 0.3) is 17.0 Å². The number of allylic oxidation sites excluding steroid dienone is 1. The molecule has 1 aliphatic rings. The van der Waals surface area contributed by atoms with Crippen LogP contribution in [0.15, 0.2) is 76.3 Å². The topological polar surface area (TPSA) is 71.3 Å². The lowest BCUT2D eigenvalue weighted by Gasteiger charge is -2.34. The number of carbonyl (C=O) groups is 1. The van der Waals surface area contributed by atoms with Crippen molar-refractivity contribution in [1.29, 1.82) is 0 Å². The lowest BCUT2D eigenvalue weighted by atomic mass is 9.94. The predicted molar refractivity (Wildman–Crippen MR) is 119 cm³/mol. The van der Waals surface area contributed by atoms with Crippen LogP contribution in [0.1, 0.15) is 24.4 Å². The Morgan fingerprint density at radius 1 is 1.29 bits per heavy atom. The van der Waals surface area contributed by atoms with Gasteiger partial charge in [-0.3, -0.25) is 4.90 Å². The molecule has 0 saturated carbocycles. The van der Waals surface area contributed by atoms with E-state index in [0.29, 0.717) is 29.2 Å². The van der Waals surface area contributed by atoms with Gasteiger partial charge in [0.15, 0.2) is 0 Å². The molecule has 0 aliphatic carbocycles. The highest BCUT2D eigenvalue weighted by Crippen LogP contribution is 2.37. The summed E-state index contributed by atoms with van der Waals surface area (Å²) >= 11 is 1.65. The molecule has 158 valence electrons. The standard InChI is InChI=1S/C23H21FN4O2S/c1-4-12-28-14(2)19(20(25-23(28)29)16-6-5-7-17(24)13-16)22-26-21(27-30-22)15-8-10-18(31-3)11-9-15/h4-11,13,20H,1,12H2,2-3H3,(H,25,29). The summed E-state index contributed by atoms with van der Waals surface area (Å²) in [5, 5.41) is 7.06. The highest BCUT2D eigenvalue weighted by molar-refractivity contribution is 7.98. The van der Waals surface area contributed by atoms with E-state index in [2.05, 4.69) is 22.0 Å². The van der Waals surface area contributed by atoms with Gasteiger partial charge in [0.1, 0.15) is 5.82 Å². The van der Waals surface area contributed by atoms with Crippen LogP contribution in [-0.4, -0.2) is 33.9 Å². The highest BCUT2D eigenvalue weighted by Gasteiger charge is 2.35. The van der Waals surface area contributed by atoms with Crippen molar-refractivity contribution in [2.24, 2.45) is 0 Å². The number of benzene rings is 2. The second-order valence-electron chi connectivity index (χ2n) is 6.99. The summed E-state index contributed by atoms with van der Waals surface area (Å²) in [5.41, 5.74) is 2.67. The summed E-state index contributed by atoms with van der Waals surface area (Å²) in [6.45, 7) is 5.84. The summed E-state index contributed by atoms with van der Waals surface area (Å²) in [4.78, 5) is 20.0. The molecule has 6 nitrogen and oxygen atoms in total. The van der Waals surface area contributed by atoms with Gasteiger partial charge in [-0.1, -0.05) is 23.4 Å². The van der Waals surface area contributed by atoms with E-state index in [1.54, 1.807) is 36.9 Å². The van der Waals surface area contributed by atoms with Crippen LogP contribution in [-0.2, 0) is 0 Å². The first-order valence-electron chi connectivity index (χ1n) is 9.65. The van der Waals surface area contributed by atoms with Crippen molar-refractivity contribution in [3.05, 3.63) is 84.2 Å². The SMILES string of the molecule is C=CCN1C(=O)NC(c2cccc(F)c2)C(c2nc(-c3ccc(SC)cc3)no2)=C1C. The van der Waals surface area contributed by atoms with E-state index in [0.717, 1.165) is 10.5 Å². The van der Waals surface area contributed by atoms with Crippen molar-refractivity contribution in [2.45, 2.75) is 17.9 Å². The number of aromatic nitrogens is 2. The van der Waals surface area contributed by atoms with Gasteiger partial charge in [0.25, 0.3) is 5.89 Å². The molecule has 8 heteroatoms. The molecule has 1 atom stereocenters. The number of amides is 2. The smallest absolute Gasteiger partial charge is 0.322 e. The number of hydrogen-bond acceptors (Lipinski definition) is 5. The van der Waals surface area contributed by atoms with E-state index in [4.69, 9.17) is 4.52 Å². The van der Waals surface area contributed by atoms with Gasteiger partial charge < -0.3 is 9.84 Å². The summed E-state index contributed by atoms with van der Waals surface area (Å²) in [6.07, 6.45) is 3.64. The van der Waals surface area contributed by atoms with Crippen LogP contribution >= 0.6 is 11.8 Å². The largest absolute Gasteiger partial charge is 0.334 e.